The summed E-state index contributed by atoms with van der Waals surface area (Å²) in [6.07, 6.45) is 13.4. The first kappa shape index (κ1) is 15.5. The van der Waals surface area contributed by atoms with Crippen LogP contribution in [-0.4, -0.2) is 35.4 Å². The van der Waals surface area contributed by atoms with Gasteiger partial charge in [-0.15, -0.1) is 17.8 Å². The van der Waals surface area contributed by atoms with Crippen LogP contribution in [0.1, 0.15) is 43.5 Å². The molecule has 0 spiro atoms. The molecule has 22 heavy (non-hydrogen) atoms. The normalized spacial score (nSPS) is 22.3. The highest BCUT2D eigenvalue weighted by Gasteiger charge is 2.40. The molecule has 0 unspecified atom stereocenters. The minimum absolute atomic E-state index is 0.117. The van der Waals surface area contributed by atoms with Crippen LogP contribution in [0.25, 0.3) is 0 Å². The zero-order valence-corrected chi connectivity index (χ0v) is 13.7. The summed E-state index contributed by atoms with van der Waals surface area (Å²) in [5.41, 5.74) is -0.207. The fraction of sp³-hybridized carbons (Fsp3) is 0.647. The molecular formula is C17H23N3OS. The van der Waals surface area contributed by atoms with Crippen LogP contribution in [0, 0.1) is 18.3 Å². The number of aromatic nitrogens is 1. The van der Waals surface area contributed by atoms with Crippen molar-refractivity contribution in [2.24, 2.45) is 5.92 Å². The van der Waals surface area contributed by atoms with Gasteiger partial charge in [-0.25, -0.2) is 4.98 Å². The molecule has 1 saturated carbocycles. The molecule has 1 aromatic heterocycles. The fourth-order valence-corrected chi connectivity index (χ4v) is 4.50. The predicted molar refractivity (Wildman–Crippen MR) is 88.4 cm³/mol. The molecule has 3 rings (SSSR count). The van der Waals surface area contributed by atoms with E-state index in [0.717, 1.165) is 43.8 Å². The molecule has 0 bridgehead atoms. The Morgan fingerprint density at radius 3 is 2.77 bits per heavy atom. The van der Waals surface area contributed by atoms with Crippen molar-refractivity contribution in [1.82, 2.24) is 15.2 Å². The van der Waals surface area contributed by atoms with E-state index in [4.69, 9.17) is 6.42 Å². The van der Waals surface area contributed by atoms with Crippen molar-refractivity contribution in [3.05, 3.63) is 16.6 Å². The third-order valence-corrected chi connectivity index (χ3v) is 5.91. The van der Waals surface area contributed by atoms with Gasteiger partial charge in [0.05, 0.1) is 12.1 Å². The van der Waals surface area contributed by atoms with Crippen LogP contribution in [0.15, 0.2) is 11.6 Å². The van der Waals surface area contributed by atoms with Crippen LogP contribution >= 0.6 is 11.3 Å². The van der Waals surface area contributed by atoms with E-state index >= 15 is 0 Å². The number of piperidine rings is 1. The highest BCUT2D eigenvalue weighted by Crippen LogP contribution is 2.40. The number of hydrogen-bond acceptors (Lipinski definition) is 4. The Morgan fingerprint density at radius 2 is 2.18 bits per heavy atom. The monoisotopic (exact) mass is 317 g/mol. The SMILES string of the molecule is C#CCN1CCC(C(=O)NC2(c3nccs3)CCCC2)CC1. The smallest absolute Gasteiger partial charge is 0.223 e. The Morgan fingerprint density at radius 1 is 1.45 bits per heavy atom. The molecule has 1 amide bonds. The maximum absolute atomic E-state index is 12.7. The lowest BCUT2D eigenvalue weighted by Gasteiger charge is -2.34. The number of hydrogen-bond donors (Lipinski definition) is 1. The first-order valence-corrected chi connectivity index (χ1v) is 8.99. The van der Waals surface area contributed by atoms with Gasteiger partial charge in [-0.2, -0.15) is 0 Å². The molecule has 1 aliphatic carbocycles. The van der Waals surface area contributed by atoms with Gasteiger partial charge in [0, 0.05) is 17.5 Å². The third-order valence-electron chi connectivity index (χ3n) is 4.93. The zero-order chi connectivity index (χ0) is 15.4. The number of amides is 1. The average molecular weight is 317 g/mol. The minimum Gasteiger partial charge on any atom is -0.344 e. The number of nitrogens with zero attached hydrogens (tertiary/aromatic N) is 2. The minimum atomic E-state index is -0.207. The van der Waals surface area contributed by atoms with Gasteiger partial charge in [0.15, 0.2) is 0 Å². The molecule has 5 heteroatoms. The van der Waals surface area contributed by atoms with E-state index in [2.05, 4.69) is 21.1 Å². The van der Waals surface area contributed by atoms with Crippen molar-refractivity contribution in [1.29, 1.82) is 0 Å². The topological polar surface area (TPSA) is 45.2 Å². The summed E-state index contributed by atoms with van der Waals surface area (Å²) in [6, 6.07) is 0. The molecule has 0 atom stereocenters. The lowest BCUT2D eigenvalue weighted by Crippen LogP contribution is -2.48. The van der Waals surface area contributed by atoms with Crippen LogP contribution in [0.5, 0.6) is 0 Å². The van der Waals surface area contributed by atoms with Gasteiger partial charge in [0.1, 0.15) is 5.01 Å². The molecule has 1 aromatic rings. The molecule has 118 valence electrons. The Kier molecular flexibility index (Phi) is 4.80. The Bertz CT molecular complexity index is 535. The number of nitrogens with one attached hydrogen (secondary N) is 1. The highest BCUT2D eigenvalue weighted by atomic mass is 32.1. The molecular weight excluding hydrogens is 294 g/mol. The first-order chi connectivity index (χ1) is 10.7. The largest absolute Gasteiger partial charge is 0.344 e. The number of thiazole rings is 1. The molecule has 2 heterocycles. The standard InChI is InChI=1S/C17H23N3OS/c1-2-10-20-11-5-14(6-12-20)15(21)19-17(7-3-4-8-17)16-18-9-13-22-16/h1,9,13-14H,3-8,10-12H2,(H,19,21). The maximum Gasteiger partial charge on any atom is 0.223 e. The van der Waals surface area contributed by atoms with Crippen molar-refractivity contribution in [2.75, 3.05) is 19.6 Å². The van der Waals surface area contributed by atoms with E-state index in [1.54, 1.807) is 11.3 Å². The number of carbonyl (C=O) groups is 1. The summed E-state index contributed by atoms with van der Waals surface area (Å²) < 4.78 is 0. The van der Waals surface area contributed by atoms with E-state index in [0.29, 0.717) is 6.54 Å². The van der Waals surface area contributed by atoms with Crippen molar-refractivity contribution < 1.29 is 4.79 Å². The van der Waals surface area contributed by atoms with Gasteiger partial charge < -0.3 is 5.32 Å². The van der Waals surface area contributed by atoms with Crippen LogP contribution in [0.2, 0.25) is 0 Å². The molecule has 1 aliphatic heterocycles. The zero-order valence-electron chi connectivity index (χ0n) is 12.9. The van der Waals surface area contributed by atoms with Gasteiger partial charge in [-0.3, -0.25) is 9.69 Å². The van der Waals surface area contributed by atoms with E-state index in [1.807, 2.05) is 11.6 Å². The van der Waals surface area contributed by atoms with Crippen molar-refractivity contribution >= 4 is 17.2 Å². The highest BCUT2D eigenvalue weighted by molar-refractivity contribution is 7.09. The second-order valence-electron chi connectivity index (χ2n) is 6.37. The second kappa shape index (κ2) is 6.80. The van der Waals surface area contributed by atoms with Gasteiger partial charge in [-0.1, -0.05) is 18.8 Å². The Labute approximate surface area is 136 Å². The first-order valence-electron chi connectivity index (χ1n) is 8.11. The summed E-state index contributed by atoms with van der Waals surface area (Å²) in [7, 11) is 0. The van der Waals surface area contributed by atoms with E-state index in [1.165, 1.54) is 12.8 Å². The van der Waals surface area contributed by atoms with Crippen LogP contribution in [0.3, 0.4) is 0 Å². The van der Waals surface area contributed by atoms with E-state index in [-0.39, 0.29) is 17.4 Å². The molecule has 2 aliphatic rings. The molecule has 0 aromatic carbocycles. The van der Waals surface area contributed by atoms with Gasteiger partial charge in [-0.05, 0) is 38.8 Å². The average Bonchev–Trinajstić information content (AvgIpc) is 3.20. The van der Waals surface area contributed by atoms with Gasteiger partial charge in [0.25, 0.3) is 0 Å². The number of terminal acetylenes is 1. The van der Waals surface area contributed by atoms with Crippen LogP contribution in [0.4, 0.5) is 0 Å². The quantitative estimate of drug-likeness (QED) is 0.867. The van der Waals surface area contributed by atoms with Crippen LogP contribution in [-0.2, 0) is 10.3 Å². The summed E-state index contributed by atoms with van der Waals surface area (Å²) in [5.74, 6) is 3.01. The van der Waals surface area contributed by atoms with Crippen molar-refractivity contribution in [2.45, 2.75) is 44.1 Å². The lowest BCUT2D eigenvalue weighted by atomic mass is 9.92. The third kappa shape index (κ3) is 3.18. The summed E-state index contributed by atoms with van der Waals surface area (Å²) >= 11 is 1.66. The number of carbonyl (C=O) groups excluding carboxylic acids is 1. The number of likely N-dealkylation sites (tertiary alicyclic amines) is 1. The maximum atomic E-state index is 12.7. The second-order valence-corrected chi connectivity index (χ2v) is 7.26. The van der Waals surface area contributed by atoms with E-state index in [9.17, 15) is 4.79 Å². The van der Waals surface area contributed by atoms with Crippen molar-refractivity contribution in [3.8, 4) is 12.3 Å². The lowest BCUT2D eigenvalue weighted by molar-refractivity contribution is -0.128. The van der Waals surface area contributed by atoms with Gasteiger partial charge >= 0.3 is 0 Å². The van der Waals surface area contributed by atoms with Crippen molar-refractivity contribution in [3.63, 3.8) is 0 Å². The van der Waals surface area contributed by atoms with E-state index < -0.39 is 0 Å². The molecule has 2 fully saturated rings. The van der Waals surface area contributed by atoms with Gasteiger partial charge in [0.2, 0.25) is 5.91 Å². The molecule has 0 radical (unpaired) electrons. The Balaban J connectivity index is 1.62. The van der Waals surface area contributed by atoms with Crippen LogP contribution < -0.4 is 5.32 Å². The molecule has 4 nitrogen and oxygen atoms in total. The summed E-state index contributed by atoms with van der Waals surface area (Å²) in [5, 5.41) is 6.43. The predicted octanol–water partition coefficient (Wildman–Crippen LogP) is 2.37. The fourth-order valence-electron chi connectivity index (χ4n) is 3.65. The summed E-state index contributed by atoms with van der Waals surface area (Å²) in [6.45, 7) is 2.54. The molecule has 1 saturated heterocycles. The number of rotatable bonds is 4. The Hall–Kier alpha value is -1.38. The summed E-state index contributed by atoms with van der Waals surface area (Å²) in [4.78, 5) is 19.5. The molecule has 1 N–H and O–H groups in total.